The van der Waals surface area contributed by atoms with Gasteiger partial charge in [0.05, 0.1) is 16.6 Å². The first-order valence-corrected chi connectivity index (χ1v) is 7.51. The van der Waals surface area contributed by atoms with E-state index in [1.165, 1.54) is 11.3 Å². The first kappa shape index (κ1) is 14.3. The van der Waals surface area contributed by atoms with Gasteiger partial charge >= 0.3 is 5.97 Å². The summed E-state index contributed by atoms with van der Waals surface area (Å²) in [5.41, 5.74) is 2.34. The Kier molecular flexibility index (Phi) is 3.89. The maximum absolute atomic E-state index is 11.1. The highest BCUT2D eigenvalue weighted by molar-refractivity contribution is 7.19. The van der Waals surface area contributed by atoms with Crippen molar-refractivity contribution in [1.82, 2.24) is 4.98 Å². The van der Waals surface area contributed by atoms with E-state index < -0.39 is 5.97 Å². The van der Waals surface area contributed by atoms with Crippen molar-refractivity contribution in [3.8, 4) is 5.75 Å². The first-order chi connectivity index (χ1) is 10.6. The summed E-state index contributed by atoms with van der Waals surface area (Å²) in [6, 6.07) is 14.3. The lowest BCUT2D eigenvalue weighted by molar-refractivity contribution is -0.135. The second-order valence-corrected chi connectivity index (χ2v) is 5.85. The SMILES string of the molecule is O=C(O)C/C(=C\c1ccc(O)cc1)c1nc2ccccc2s1. The molecular weight excluding hydrogens is 298 g/mol. The lowest BCUT2D eigenvalue weighted by Crippen LogP contribution is -1.96. The number of carboxylic acids is 1. The van der Waals surface area contributed by atoms with Crippen molar-refractivity contribution in [3.05, 3.63) is 59.1 Å². The number of aromatic nitrogens is 1. The Balaban J connectivity index is 2.05. The highest BCUT2D eigenvalue weighted by Crippen LogP contribution is 2.30. The molecule has 3 aromatic rings. The monoisotopic (exact) mass is 311 g/mol. The quantitative estimate of drug-likeness (QED) is 0.763. The molecule has 0 aliphatic carbocycles. The molecule has 0 fully saturated rings. The fraction of sp³-hybridized carbons (Fsp3) is 0.0588. The van der Waals surface area contributed by atoms with E-state index in [4.69, 9.17) is 5.11 Å². The summed E-state index contributed by atoms with van der Waals surface area (Å²) in [4.78, 5) is 15.7. The Morgan fingerprint density at radius 1 is 1.14 bits per heavy atom. The van der Waals surface area contributed by atoms with E-state index in [0.29, 0.717) is 10.6 Å². The third kappa shape index (κ3) is 3.15. The number of nitrogens with zero attached hydrogens (tertiary/aromatic N) is 1. The number of phenols is 1. The zero-order valence-corrected chi connectivity index (χ0v) is 12.4. The van der Waals surface area contributed by atoms with Crippen molar-refractivity contribution in [2.24, 2.45) is 0 Å². The Bertz CT molecular complexity index is 817. The largest absolute Gasteiger partial charge is 0.508 e. The summed E-state index contributed by atoms with van der Waals surface area (Å²) in [5, 5.41) is 19.2. The van der Waals surface area contributed by atoms with Gasteiger partial charge in [0.15, 0.2) is 0 Å². The molecule has 0 spiro atoms. The van der Waals surface area contributed by atoms with Crippen LogP contribution in [0, 0.1) is 0 Å². The zero-order chi connectivity index (χ0) is 15.5. The second kappa shape index (κ2) is 5.99. The predicted molar refractivity (Wildman–Crippen MR) is 87.9 cm³/mol. The van der Waals surface area contributed by atoms with Gasteiger partial charge in [-0.15, -0.1) is 11.3 Å². The highest BCUT2D eigenvalue weighted by Gasteiger charge is 2.12. The van der Waals surface area contributed by atoms with Crippen molar-refractivity contribution < 1.29 is 15.0 Å². The van der Waals surface area contributed by atoms with E-state index in [1.54, 1.807) is 30.3 Å². The highest BCUT2D eigenvalue weighted by atomic mass is 32.1. The summed E-state index contributed by atoms with van der Waals surface area (Å²) in [5.74, 6) is -0.721. The van der Waals surface area contributed by atoms with Crippen LogP contribution in [0.2, 0.25) is 0 Å². The smallest absolute Gasteiger partial charge is 0.307 e. The van der Waals surface area contributed by atoms with E-state index >= 15 is 0 Å². The summed E-state index contributed by atoms with van der Waals surface area (Å²) >= 11 is 1.48. The molecule has 3 rings (SSSR count). The van der Waals surface area contributed by atoms with Crippen LogP contribution in [0.4, 0.5) is 0 Å². The summed E-state index contributed by atoms with van der Waals surface area (Å²) < 4.78 is 1.03. The molecule has 1 aromatic heterocycles. The van der Waals surface area contributed by atoms with Crippen LogP contribution >= 0.6 is 11.3 Å². The number of fused-ring (bicyclic) bond motifs is 1. The number of benzene rings is 2. The van der Waals surface area contributed by atoms with Crippen molar-refractivity contribution in [3.63, 3.8) is 0 Å². The molecule has 22 heavy (non-hydrogen) atoms. The molecule has 110 valence electrons. The molecule has 4 nitrogen and oxygen atoms in total. The third-order valence-electron chi connectivity index (χ3n) is 3.14. The number of thiazole rings is 1. The molecule has 2 N–H and O–H groups in total. The average molecular weight is 311 g/mol. The van der Waals surface area contributed by atoms with Gasteiger partial charge in [0.25, 0.3) is 0 Å². The van der Waals surface area contributed by atoms with Crippen molar-refractivity contribution in [1.29, 1.82) is 0 Å². The van der Waals surface area contributed by atoms with E-state index in [-0.39, 0.29) is 12.2 Å². The second-order valence-electron chi connectivity index (χ2n) is 4.82. The predicted octanol–water partition coefficient (Wildman–Crippen LogP) is 4.02. The molecule has 0 amide bonds. The van der Waals surface area contributed by atoms with E-state index in [2.05, 4.69) is 4.98 Å². The molecule has 0 radical (unpaired) electrons. The van der Waals surface area contributed by atoms with Gasteiger partial charge in [-0.3, -0.25) is 4.79 Å². The van der Waals surface area contributed by atoms with Crippen LogP contribution in [0.1, 0.15) is 17.0 Å². The molecule has 0 aliphatic heterocycles. The lowest BCUT2D eigenvalue weighted by atomic mass is 10.1. The minimum absolute atomic E-state index is 0.0965. The first-order valence-electron chi connectivity index (χ1n) is 6.69. The van der Waals surface area contributed by atoms with Gasteiger partial charge in [0, 0.05) is 0 Å². The van der Waals surface area contributed by atoms with Crippen LogP contribution in [0.15, 0.2) is 48.5 Å². The zero-order valence-electron chi connectivity index (χ0n) is 11.6. The fourth-order valence-corrected chi connectivity index (χ4v) is 3.11. The maximum Gasteiger partial charge on any atom is 0.307 e. The molecule has 0 saturated heterocycles. The molecule has 0 unspecified atom stereocenters. The molecule has 1 heterocycles. The third-order valence-corrected chi connectivity index (χ3v) is 4.26. The van der Waals surface area contributed by atoms with Crippen LogP contribution in [-0.2, 0) is 4.79 Å². The van der Waals surface area contributed by atoms with Gasteiger partial charge in [-0.1, -0.05) is 24.3 Å². The Morgan fingerprint density at radius 3 is 2.55 bits per heavy atom. The molecule has 2 aromatic carbocycles. The normalized spacial score (nSPS) is 11.7. The molecule has 0 saturated carbocycles. The lowest BCUT2D eigenvalue weighted by Gasteiger charge is -2.02. The standard InChI is InChI=1S/C17H13NO3S/c19-13-7-5-11(6-8-13)9-12(10-16(20)21)17-18-14-3-1-2-4-15(14)22-17/h1-9,19H,10H2,(H,20,21)/b12-9+. The van der Waals surface area contributed by atoms with Crippen molar-refractivity contribution in [2.75, 3.05) is 0 Å². The van der Waals surface area contributed by atoms with Crippen LogP contribution in [0.3, 0.4) is 0 Å². The minimum atomic E-state index is -0.899. The molecule has 0 aliphatic rings. The molecule has 0 bridgehead atoms. The van der Waals surface area contributed by atoms with E-state index in [1.807, 2.05) is 24.3 Å². The number of rotatable bonds is 4. The fourth-order valence-electron chi connectivity index (χ4n) is 2.13. The molecule has 5 heteroatoms. The summed E-state index contributed by atoms with van der Waals surface area (Å²) in [7, 11) is 0. The number of phenolic OH excluding ortho intramolecular Hbond substituents is 1. The van der Waals surface area contributed by atoms with Crippen molar-refractivity contribution in [2.45, 2.75) is 6.42 Å². The van der Waals surface area contributed by atoms with Crippen LogP contribution < -0.4 is 0 Å². The Labute approximate surface area is 131 Å². The molecular formula is C17H13NO3S. The maximum atomic E-state index is 11.1. The van der Waals surface area contributed by atoms with Gasteiger partial charge < -0.3 is 10.2 Å². The van der Waals surface area contributed by atoms with Gasteiger partial charge in [0.2, 0.25) is 0 Å². The van der Waals surface area contributed by atoms with Gasteiger partial charge in [-0.25, -0.2) is 4.98 Å². The Hall–Kier alpha value is -2.66. The summed E-state index contributed by atoms with van der Waals surface area (Å²) in [6.07, 6.45) is 1.70. The molecule has 0 atom stereocenters. The number of aliphatic carboxylic acids is 1. The Morgan fingerprint density at radius 2 is 1.86 bits per heavy atom. The number of carbonyl (C=O) groups is 1. The van der Waals surface area contributed by atoms with Crippen LogP contribution in [-0.4, -0.2) is 21.2 Å². The van der Waals surface area contributed by atoms with E-state index in [0.717, 1.165) is 15.8 Å². The van der Waals surface area contributed by atoms with Crippen LogP contribution in [0.5, 0.6) is 5.75 Å². The van der Waals surface area contributed by atoms with Gasteiger partial charge in [-0.05, 0) is 41.5 Å². The average Bonchev–Trinajstić information content (AvgIpc) is 2.92. The minimum Gasteiger partial charge on any atom is -0.508 e. The van der Waals surface area contributed by atoms with Crippen molar-refractivity contribution >= 4 is 39.2 Å². The van der Waals surface area contributed by atoms with Gasteiger partial charge in [0.1, 0.15) is 10.8 Å². The van der Waals surface area contributed by atoms with Crippen LogP contribution in [0.25, 0.3) is 21.9 Å². The number of carboxylic acid groups (broad SMARTS) is 1. The van der Waals surface area contributed by atoms with E-state index in [9.17, 15) is 9.90 Å². The number of hydrogen-bond acceptors (Lipinski definition) is 4. The summed E-state index contributed by atoms with van der Waals surface area (Å²) in [6.45, 7) is 0. The topological polar surface area (TPSA) is 70.4 Å². The number of aromatic hydroxyl groups is 1. The number of hydrogen-bond donors (Lipinski definition) is 2. The number of para-hydroxylation sites is 1. The van der Waals surface area contributed by atoms with Gasteiger partial charge in [-0.2, -0.15) is 0 Å².